The third-order valence-electron chi connectivity index (χ3n) is 4.74. The van der Waals surface area contributed by atoms with Gasteiger partial charge in [0.15, 0.2) is 0 Å². The van der Waals surface area contributed by atoms with Crippen LogP contribution in [-0.2, 0) is 14.8 Å². The molecule has 4 rings (SSSR count). The third kappa shape index (κ3) is 4.72. The predicted molar refractivity (Wildman–Crippen MR) is 125 cm³/mol. The van der Waals surface area contributed by atoms with Crippen molar-refractivity contribution < 1.29 is 13.2 Å². The Hall–Kier alpha value is -3.46. The molecule has 0 aliphatic heterocycles. The van der Waals surface area contributed by atoms with Crippen molar-refractivity contribution in [2.45, 2.75) is 11.8 Å². The highest BCUT2D eigenvalue weighted by atomic mass is 35.5. The first-order valence-electron chi connectivity index (χ1n) is 9.58. The van der Waals surface area contributed by atoms with E-state index in [1.807, 2.05) is 36.4 Å². The van der Waals surface area contributed by atoms with E-state index in [4.69, 9.17) is 21.8 Å². The lowest BCUT2D eigenvalue weighted by Crippen LogP contribution is -2.12. The summed E-state index contributed by atoms with van der Waals surface area (Å²) in [6.07, 6.45) is 0. The van der Waals surface area contributed by atoms with Gasteiger partial charge in [-0.25, -0.2) is 18.2 Å². The van der Waals surface area contributed by atoms with Gasteiger partial charge in [-0.15, -0.1) is 0 Å². The fraction of sp³-hybridized carbons (Fsp3) is 0.0435. The molecule has 32 heavy (non-hydrogen) atoms. The summed E-state index contributed by atoms with van der Waals surface area (Å²) in [5, 5.41) is 13.4. The van der Waals surface area contributed by atoms with Gasteiger partial charge >= 0.3 is 0 Å². The van der Waals surface area contributed by atoms with E-state index in [0.29, 0.717) is 22.1 Å². The van der Waals surface area contributed by atoms with E-state index >= 15 is 0 Å². The Morgan fingerprint density at radius 2 is 1.66 bits per heavy atom. The second kappa shape index (κ2) is 8.58. The first kappa shape index (κ1) is 21.8. The molecule has 7 nitrogen and oxygen atoms in total. The van der Waals surface area contributed by atoms with Gasteiger partial charge in [-0.3, -0.25) is 4.79 Å². The maximum absolute atomic E-state index is 11.6. The van der Waals surface area contributed by atoms with Crippen LogP contribution in [0.25, 0.3) is 28.2 Å². The van der Waals surface area contributed by atoms with Gasteiger partial charge in [0.25, 0.3) is 0 Å². The molecular weight excluding hydrogens is 448 g/mol. The van der Waals surface area contributed by atoms with Crippen molar-refractivity contribution in [1.29, 1.82) is 0 Å². The van der Waals surface area contributed by atoms with E-state index in [0.717, 1.165) is 16.8 Å². The molecule has 0 spiro atoms. The number of hydrogen-bond donors (Lipinski definition) is 2. The third-order valence-corrected chi connectivity index (χ3v) is 5.92. The second-order valence-corrected chi connectivity index (χ2v) is 9.13. The number of primary sulfonamides is 1. The first-order valence-corrected chi connectivity index (χ1v) is 11.5. The number of anilines is 1. The van der Waals surface area contributed by atoms with Crippen LogP contribution in [0.3, 0.4) is 0 Å². The van der Waals surface area contributed by atoms with Crippen molar-refractivity contribution in [3.05, 3.63) is 83.9 Å². The number of benzene rings is 3. The summed E-state index contributed by atoms with van der Waals surface area (Å²) in [6.45, 7) is 1.45. The summed E-state index contributed by atoms with van der Waals surface area (Å²) in [5.74, 6) is -0.170. The maximum Gasteiger partial charge on any atom is 0.238 e. The van der Waals surface area contributed by atoms with Crippen LogP contribution in [0.5, 0.6) is 0 Å². The topological polar surface area (TPSA) is 107 Å². The summed E-state index contributed by atoms with van der Waals surface area (Å²) < 4.78 is 25.0. The SMILES string of the molecule is CC(=O)Nc1cccc(-c2cc(-c3ccc(Cl)cc3)nn2-c2ccc(S(N)(=O)=O)cc2)c1. The molecule has 0 aliphatic carbocycles. The summed E-state index contributed by atoms with van der Waals surface area (Å²) in [7, 11) is -3.81. The molecule has 162 valence electrons. The highest BCUT2D eigenvalue weighted by molar-refractivity contribution is 7.89. The van der Waals surface area contributed by atoms with E-state index in [2.05, 4.69) is 5.32 Å². The molecule has 9 heteroatoms. The maximum atomic E-state index is 11.6. The number of halogens is 1. The van der Waals surface area contributed by atoms with Gasteiger partial charge in [-0.05, 0) is 54.6 Å². The van der Waals surface area contributed by atoms with E-state index in [9.17, 15) is 13.2 Å². The summed E-state index contributed by atoms with van der Waals surface area (Å²) in [4.78, 5) is 11.5. The van der Waals surface area contributed by atoms with Gasteiger partial charge in [0.2, 0.25) is 15.9 Å². The van der Waals surface area contributed by atoms with Crippen molar-refractivity contribution in [2.75, 3.05) is 5.32 Å². The zero-order valence-corrected chi connectivity index (χ0v) is 18.6. The molecule has 0 fully saturated rings. The Morgan fingerprint density at radius 1 is 0.969 bits per heavy atom. The Balaban J connectivity index is 1.86. The molecule has 0 unspecified atom stereocenters. The van der Waals surface area contributed by atoms with Crippen LogP contribution in [0.15, 0.2) is 83.8 Å². The quantitative estimate of drug-likeness (QED) is 0.452. The second-order valence-electron chi connectivity index (χ2n) is 7.13. The fourth-order valence-corrected chi connectivity index (χ4v) is 3.92. The average Bonchev–Trinajstić information content (AvgIpc) is 3.19. The smallest absolute Gasteiger partial charge is 0.238 e. The van der Waals surface area contributed by atoms with Crippen molar-refractivity contribution in [2.24, 2.45) is 5.14 Å². The lowest BCUT2D eigenvalue weighted by atomic mass is 10.1. The lowest BCUT2D eigenvalue weighted by Gasteiger charge is -2.10. The summed E-state index contributed by atoms with van der Waals surface area (Å²) >= 11 is 6.02. The van der Waals surface area contributed by atoms with Crippen LogP contribution in [0.2, 0.25) is 5.02 Å². The van der Waals surface area contributed by atoms with Crippen LogP contribution in [0.4, 0.5) is 5.69 Å². The minimum absolute atomic E-state index is 0.0144. The van der Waals surface area contributed by atoms with E-state index < -0.39 is 10.0 Å². The number of aromatic nitrogens is 2. The summed E-state index contributed by atoms with van der Waals surface area (Å²) in [5.41, 5.74) is 4.45. The normalized spacial score (nSPS) is 11.3. The number of carbonyl (C=O) groups is 1. The van der Waals surface area contributed by atoms with E-state index in [1.165, 1.54) is 19.1 Å². The van der Waals surface area contributed by atoms with Crippen molar-refractivity contribution >= 4 is 33.2 Å². The number of amides is 1. The molecule has 1 heterocycles. The van der Waals surface area contributed by atoms with E-state index in [1.54, 1.807) is 35.0 Å². The van der Waals surface area contributed by atoms with Crippen LogP contribution in [-0.4, -0.2) is 24.1 Å². The van der Waals surface area contributed by atoms with Gasteiger partial charge in [-0.2, -0.15) is 5.10 Å². The highest BCUT2D eigenvalue weighted by Crippen LogP contribution is 2.31. The monoisotopic (exact) mass is 466 g/mol. The number of nitrogens with one attached hydrogen (secondary N) is 1. The minimum Gasteiger partial charge on any atom is -0.326 e. The average molecular weight is 467 g/mol. The molecule has 0 radical (unpaired) electrons. The molecule has 4 aromatic rings. The molecule has 3 N–H and O–H groups in total. The number of sulfonamides is 1. The molecule has 0 bridgehead atoms. The summed E-state index contributed by atoms with van der Waals surface area (Å²) in [6, 6.07) is 22.8. The molecular formula is C23H19ClN4O3S. The van der Waals surface area contributed by atoms with Crippen molar-refractivity contribution in [3.8, 4) is 28.2 Å². The number of nitrogens with zero attached hydrogens (tertiary/aromatic N) is 2. The molecule has 0 saturated heterocycles. The molecule has 0 saturated carbocycles. The Morgan fingerprint density at radius 3 is 2.28 bits per heavy atom. The Bertz CT molecular complexity index is 1400. The number of rotatable bonds is 5. The predicted octanol–water partition coefficient (Wildman–Crippen LogP) is 4.47. The van der Waals surface area contributed by atoms with E-state index in [-0.39, 0.29) is 10.8 Å². The number of hydrogen-bond acceptors (Lipinski definition) is 4. The van der Waals surface area contributed by atoms with Gasteiger partial charge in [0.1, 0.15) is 0 Å². The van der Waals surface area contributed by atoms with Gasteiger partial charge < -0.3 is 5.32 Å². The zero-order chi connectivity index (χ0) is 22.9. The standard InChI is InChI=1S/C23H19ClN4O3S/c1-15(29)26-19-4-2-3-17(13-19)23-14-22(16-5-7-18(24)8-6-16)27-28(23)20-9-11-21(12-10-20)32(25,30)31/h2-14H,1H3,(H,26,29)(H2,25,30,31). The minimum atomic E-state index is -3.81. The number of carbonyl (C=O) groups excluding carboxylic acids is 1. The van der Waals surface area contributed by atoms with Crippen LogP contribution >= 0.6 is 11.6 Å². The van der Waals surface area contributed by atoms with Gasteiger partial charge in [0.05, 0.1) is 22.0 Å². The van der Waals surface area contributed by atoms with Crippen LogP contribution in [0.1, 0.15) is 6.92 Å². The van der Waals surface area contributed by atoms with Crippen molar-refractivity contribution in [1.82, 2.24) is 9.78 Å². The molecule has 0 aliphatic rings. The zero-order valence-electron chi connectivity index (χ0n) is 17.0. The largest absolute Gasteiger partial charge is 0.326 e. The van der Waals surface area contributed by atoms with Gasteiger partial charge in [0, 0.05) is 28.8 Å². The number of nitrogens with two attached hydrogens (primary N) is 1. The molecule has 1 amide bonds. The highest BCUT2D eigenvalue weighted by Gasteiger charge is 2.15. The van der Waals surface area contributed by atoms with Crippen molar-refractivity contribution in [3.63, 3.8) is 0 Å². The fourth-order valence-electron chi connectivity index (χ4n) is 3.28. The Labute approximate surface area is 190 Å². The molecule has 3 aromatic carbocycles. The Kier molecular flexibility index (Phi) is 5.84. The lowest BCUT2D eigenvalue weighted by molar-refractivity contribution is -0.114. The first-order chi connectivity index (χ1) is 15.2. The van der Waals surface area contributed by atoms with Gasteiger partial charge in [-0.1, -0.05) is 35.9 Å². The van der Waals surface area contributed by atoms with Crippen LogP contribution < -0.4 is 10.5 Å². The molecule has 1 aromatic heterocycles. The molecule has 0 atom stereocenters. The van der Waals surface area contributed by atoms with Crippen LogP contribution in [0, 0.1) is 0 Å².